The van der Waals surface area contributed by atoms with Gasteiger partial charge in [-0.3, -0.25) is 4.79 Å². The molecule has 0 saturated carbocycles. The van der Waals surface area contributed by atoms with E-state index in [9.17, 15) is 4.79 Å². The monoisotopic (exact) mass is 274 g/mol. The summed E-state index contributed by atoms with van der Waals surface area (Å²) in [7, 11) is 1.95. The Morgan fingerprint density at radius 3 is 2.95 bits per heavy atom. The second-order valence-electron chi connectivity index (χ2n) is 5.98. The number of carbonyl (C=O) groups is 1. The first kappa shape index (κ1) is 15.0. The molecule has 0 fully saturated rings. The van der Waals surface area contributed by atoms with Crippen molar-refractivity contribution < 1.29 is 4.79 Å². The Morgan fingerprint density at radius 1 is 1.45 bits per heavy atom. The molecule has 20 heavy (non-hydrogen) atoms. The number of rotatable bonds is 5. The van der Waals surface area contributed by atoms with Crippen molar-refractivity contribution >= 4 is 5.91 Å². The van der Waals surface area contributed by atoms with Crippen LogP contribution in [0.25, 0.3) is 0 Å². The molecule has 2 atom stereocenters. The molecule has 0 radical (unpaired) electrons. The number of nitrogens with two attached hydrogens (primary N) is 1. The maximum absolute atomic E-state index is 12.3. The lowest BCUT2D eigenvalue weighted by Crippen LogP contribution is -2.33. The van der Waals surface area contributed by atoms with Crippen molar-refractivity contribution in [3.8, 4) is 0 Å². The van der Waals surface area contributed by atoms with E-state index in [1.165, 1.54) is 17.5 Å². The molecular weight excluding hydrogens is 248 g/mol. The first-order chi connectivity index (χ1) is 9.59. The van der Waals surface area contributed by atoms with Gasteiger partial charge in [0, 0.05) is 19.5 Å². The third-order valence-corrected chi connectivity index (χ3v) is 4.25. The Hall–Kier alpha value is -1.35. The van der Waals surface area contributed by atoms with Gasteiger partial charge in [0.15, 0.2) is 0 Å². The van der Waals surface area contributed by atoms with Gasteiger partial charge in [-0.1, -0.05) is 24.3 Å². The highest BCUT2D eigenvalue weighted by molar-refractivity contribution is 5.76. The van der Waals surface area contributed by atoms with Crippen molar-refractivity contribution in [1.29, 1.82) is 0 Å². The van der Waals surface area contributed by atoms with Crippen LogP contribution in [0.2, 0.25) is 0 Å². The van der Waals surface area contributed by atoms with E-state index in [0.717, 1.165) is 25.7 Å². The van der Waals surface area contributed by atoms with Crippen molar-refractivity contribution in [3.63, 3.8) is 0 Å². The van der Waals surface area contributed by atoms with Crippen LogP contribution in [0.15, 0.2) is 24.3 Å². The van der Waals surface area contributed by atoms with Crippen LogP contribution in [0.4, 0.5) is 0 Å². The molecule has 3 heteroatoms. The topological polar surface area (TPSA) is 46.3 Å². The van der Waals surface area contributed by atoms with Gasteiger partial charge in [0.05, 0.1) is 6.04 Å². The van der Waals surface area contributed by atoms with Crippen LogP contribution in [-0.4, -0.2) is 23.9 Å². The van der Waals surface area contributed by atoms with Gasteiger partial charge in [-0.2, -0.15) is 0 Å². The summed E-state index contributed by atoms with van der Waals surface area (Å²) in [5, 5.41) is 0. The molecule has 1 aromatic rings. The summed E-state index contributed by atoms with van der Waals surface area (Å²) in [6.45, 7) is 1.99. The number of hydrogen-bond acceptors (Lipinski definition) is 2. The fourth-order valence-electron chi connectivity index (χ4n) is 3.06. The molecule has 2 rings (SSSR count). The minimum absolute atomic E-state index is 0.184. The zero-order chi connectivity index (χ0) is 14.5. The normalized spacial score (nSPS) is 19.2. The van der Waals surface area contributed by atoms with Gasteiger partial charge in [0.2, 0.25) is 5.91 Å². The number of nitrogens with zero attached hydrogens (tertiary/aromatic N) is 1. The van der Waals surface area contributed by atoms with Gasteiger partial charge < -0.3 is 10.6 Å². The highest BCUT2D eigenvalue weighted by atomic mass is 16.2. The van der Waals surface area contributed by atoms with Crippen LogP contribution in [0.1, 0.15) is 56.2 Å². The fourth-order valence-corrected chi connectivity index (χ4v) is 3.06. The second-order valence-corrected chi connectivity index (χ2v) is 5.98. The van der Waals surface area contributed by atoms with Gasteiger partial charge >= 0.3 is 0 Å². The third-order valence-electron chi connectivity index (χ3n) is 4.25. The van der Waals surface area contributed by atoms with Gasteiger partial charge in [-0.25, -0.2) is 0 Å². The maximum atomic E-state index is 12.3. The fraction of sp³-hybridized carbons (Fsp3) is 0.588. The van der Waals surface area contributed by atoms with Gasteiger partial charge in [0.25, 0.3) is 0 Å². The van der Waals surface area contributed by atoms with Crippen LogP contribution >= 0.6 is 0 Å². The summed E-state index contributed by atoms with van der Waals surface area (Å²) < 4.78 is 0. The molecule has 3 nitrogen and oxygen atoms in total. The highest BCUT2D eigenvalue weighted by Gasteiger charge is 2.25. The van der Waals surface area contributed by atoms with Gasteiger partial charge in [-0.05, 0) is 50.2 Å². The Morgan fingerprint density at radius 2 is 2.20 bits per heavy atom. The molecule has 110 valence electrons. The summed E-state index contributed by atoms with van der Waals surface area (Å²) in [4.78, 5) is 14.3. The van der Waals surface area contributed by atoms with Crippen molar-refractivity contribution in [2.45, 2.75) is 57.5 Å². The van der Waals surface area contributed by atoms with E-state index in [1.54, 1.807) is 0 Å². The lowest BCUT2D eigenvalue weighted by molar-refractivity contribution is -0.132. The lowest BCUT2D eigenvalue weighted by atomic mass is 9.87. The average Bonchev–Trinajstić information content (AvgIpc) is 2.45. The largest absolute Gasteiger partial charge is 0.339 e. The van der Waals surface area contributed by atoms with Gasteiger partial charge in [-0.15, -0.1) is 0 Å². The smallest absolute Gasteiger partial charge is 0.222 e. The molecule has 1 aromatic carbocycles. The zero-order valence-electron chi connectivity index (χ0n) is 12.6. The van der Waals surface area contributed by atoms with Crippen LogP contribution in [-0.2, 0) is 11.2 Å². The average molecular weight is 274 g/mol. The molecule has 0 saturated heterocycles. The summed E-state index contributed by atoms with van der Waals surface area (Å²) in [6, 6.07) is 8.96. The number of carbonyl (C=O) groups excluding carboxylic acids is 1. The van der Waals surface area contributed by atoms with E-state index in [4.69, 9.17) is 5.73 Å². The molecule has 1 aliphatic carbocycles. The van der Waals surface area contributed by atoms with E-state index < -0.39 is 0 Å². The summed E-state index contributed by atoms with van der Waals surface area (Å²) in [5.74, 6) is 0.243. The van der Waals surface area contributed by atoms with Crippen LogP contribution in [0.3, 0.4) is 0 Å². The van der Waals surface area contributed by atoms with E-state index in [-0.39, 0.29) is 18.0 Å². The summed E-state index contributed by atoms with van der Waals surface area (Å²) >= 11 is 0. The Bertz CT molecular complexity index is 456. The molecule has 0 heterocycles. The van der Waals surface area contributed by atoms with E-state index >= 15 is 0 Å². The number of benzene rings is 1. The first-order valence-corrected chi connectivity index (χ1v) is 7.68. The second kappa shape index (κ2) is 6.89. The number of fused-ring (bicyclic) bond motifs is 1. The molecule has 0 aliphatic heterocycles. The number of hydrogen-bond donors (Lipinski definition) is 1. The number of aryl methyl sites for hydroxylation is 1. The van der Waals surface area contributed by atoms with Crippen molar-refractivity contribution in [2.75, 3.05) is 7.05 Å². The van der Waals surface area contributed by atoms with Crippen LogP contribution in [0, 0.1) is 0 Å². The summed E-state index contributed by atoms with van der Waals surface area (Å²) in [6.07, 6.45) is 5.79. The van der Waals surface area contributed by atoms with Gasteiger partial charge in [0.1, 0.15) is 0 Å². The highest BCUT2D eigenvalue weighted by Crippen LogP contribution is 2.33. The van der Waals surface area contributed by atoms with Crippen molar-refractivity contribution in [1.82, 2.24) is 4.90 Å². The standard InChI is InChI=1S/C17H26N2O/c1-13(18)7-5-12-17(20)19(2)16-11-6-9-14-8-3-4-10-15(14)16/h3-4,8,10,13,16H,5-7,9,11-12,18H2,1-2H3. The maximum Gasteiger partial charge on any atom is 0.222 e. The Labute approximate surface area is 122 Å². The van der Waals surface area contributed by atoms with E-state index in [2.05, 4.69) is 24.3 Å². The molecule has 0 aromatic heterocycles. The van der Waals surface area contributed by atoms with Crippen molar-refractivity contribution in [2.24, 2.45) is 5.73 Å². The minimum Gasteiger partial charge on any atom is -0.339 e. The quantitative estimate of drug-likeness (QED) is 0.897. The third kappa shape index (κ3) is 3.60. The SMILES string of the molecule is CC(N)CCCC(=O)N(C)C1CCCc2ccccc21. The lowest BCUT2D eigenvalue weighted by Gasteiger charge is -2.33. The molecule has 2 N–H and O–H groups in total. The van der Waals surface area contributed by atoms with E-state index in [0.29, 0.717) is 6.42 Å². The predicted molar refractivity (Wildman–Crippen MR) is 82.4 cm³/mol. The Balaban J connectivity index is 1.99. The predicted octanol–water partition coefficient (Wildman–Crippen LogP) is 3.04. The molecule has 0 bridgehead atoms. The molecule has 1 aliphatic rings. The first-order valence-electron chi connectivity index (χ1n) is 7.68. The summed E-state index contributed by atoms with van der Waals surface area (Å²) in [5.41, 5.74) is 8.47. The van der Waals surface area contributed by atoms with Crippen LogP contribution in [0.5, 0.6) is 0 Å². The molecule has 2 unspecified atom stereocenters. The minimum atomic E-state index is 0.184. The number of amides is 1. The Kier molecular flexibility index (Phi) is 5.18. The van der Waals surface area contributed by atoms with Crippen molar-refractivity contribution in [3.05, 3.63) is 35.4 Å². The molecular formula is C17H26N2O. The zero-order valence-corrected chi connectivity index (χ0v) is 12.6. The molecule has 1 amide bonds. The van der Waals surface area contributed by atoms with Crippen LogP contribution < -0.4 is 5.73 Å². The van der Waals surface area contributed by atoms with E-state index in [1.807, 2.05) is 18.9 Å². The molecule has 0 spiro atoms.